The average Bonchev–Trinajstić information content (AvgIpc) is 3.45. The van der Waals surface area contributed by atoms with Crippen molar-refractivity contribution < 1.29 is 28.6 Å². The monoisotopic (exact) mass is 1090 g/mol. The second-order valence-corrected chi connectivity index (χ2v) is 20.6. The zero-order valence-electron chi connectivity index (χ0n) is 50.8. The summed E-state index contributed by atoms with van der Waals surface area (Å²) in [5.74, 6) is -0.929. The van der Waals surface area contributed by atoms with Gasteiger partial charge in [0, 0.05) is 19.3 Å². The maximum atomic E-state index is 12.8. The lowest BCUT2D eigenvalue weighted by molar-refractivity contribution is -0.167. The predicted molar refractivity (Wildman–Crippen MR) is 343 cm³/mol. The highest BCUT2D eigenvalue weighted by Crippen LogP contribution is 2.14. The fourth-order valence-electron chi connectivity index (χ4n) is 8.31. The topological polar surface area (TPSA) is 78.9 Å². The first-order valence-electron chi connectivity index (χ1n) is 32.0. The van der Waals surface area contributed by atoms with Crippen LogP contribution in [0.4, 0.5) is 0 Å². The number of allylic oxidation sites excluding steroid dienone is 26. The van der Waals surface area contributed by atoms with E-state index in [1.165, 1.54) is 57.8 Å². The van der Waals surface area contributed by atoms with E-state index in [9.17, 15) is 14.4 Å². The molecule has 0 aliphatic carbocycles. The first-order valence-corrected chi connectivity index (χ1v) is 32.0. The standard InChI is InChI=1S/C73H116O6/c1-4-7-10-13-15-17-19-21-23-25-27-29-31-33-35-36-38-39-41-43-45-47-49-51-53-55-57-60-63-66-72(75)78-69-70(68-77-71(74)65-62-59-12-9-6-3)79-73(76)67-64-61-58-56-54-52-50-48-46-44-42-40-37-34-32-30-28-26-24-22-20-18-16-14-11-8-5-2/h7-8,10-11,15-18,21-24,27-30,33-35,37-39,42-45,70H,4-6,9,12-14,19-20,25-26,31-32,36,40-41,46-69H2,1-3H3/b10-7-,11-8-,17-15-,18-16-,23-21-,24-22-,29-27-,30-28-,35-33-,37-34-,39-38-,44-42-,45-43-. The van der Waals surface area contributed by atoms with Crippen LogP contribution in [-0.2, 0) is 28.6 Å². The normalized spacial score (nSPS) is 13.2. The van der Waals surface area contributed by atoms with Crippen LogP contribution in [0.2, 0.25) is 0 Å². The smallest absolute Gasteiger partial charge is 0.306 e. The van der Waals surface area contributed by atoms with E-state index < -0.39 is 6.10 Å². The highest BCUT2D eigenvalue weighted by Gasteiger charge is 2.19. The van der Waals surface area contributed by atoms with E-state index in [0.29, 0.717) is 19.3 Å². The van der Waals surface area contributed by atoms with E-state index in [1.54, 1.807) is 0 Å². The van der Waals surface area contributed by atoms with Gasteiger partial charge in [0.05, 0.1) is 0 Å². The highest BCUT2D eigenvalue weighted by atomic mass is 16.6. The lowest BCUT2D eigenvalue weighted by Gasteiger charge is -2.18. The summed E-state index contributed by atoms with van der Waals surface area (Å²) < 4.78 is 16.8. The molecule has 0 rings (SSSR count). The van der Waals surface area contributed by atoms with Crippen LogP contribution in [0.3, 0.4) is 0 Å². The summed E-state index contributed by atoms with van der Waals surface area (Å²) in [7, 11) is 0. The van der Waals surface area contributed by atoms with Gasteiger partial charge in [0.1, 0.15) is 13.2 Å². The summed E-state index contributed by atoms with van der Waals surface area (Å²) in [6.07, 6.45) is 95.7. The van der Waals surface area contributed by atoms with Crippen molar-refractivity contribution in [2.45, 2.75) is 271 Å². The molecular weight excluding hydrogens is 973 g/mol. The minimum Gasteiger partial charge on any atom is -0.462 e. The second kappa shape index (κ2) is 65.5. The van der Waals surface area contributed by atoms with Gasteiger partial charge in [0.15, 0.2) is 6.10 Å². The zero-order chi connectivity index (χ0) is 57.1. The molecule has 0 aromatic carbocycles. The number of carbonyl (C=O) groups excluding carboxylic acids is 3. The van der Waals surface area contributed by atoms with Gasteiger partial charge in [-0.2, -0.15) is 0 Å². The number of rotatable bonds is 56. The van der Waals surface area contributed by atoms with E-state index >= 15 is 0 Å². The molecule has 0 bridgehead atoms. The number of esters is 3. The van der Waals surface area contributed by atoms with Crippen molar-refractivity contribution in [2.24, 2.45) is 0 Å². The van der Waals surface area contributed by atoms with Gasteiger partial charge < -0.3 is 14.2 Å². The predicted octanol–water partition coefficient (Wildman–Crippen LogP) is 22.1. The Balaban J connectivity index is 4.14. The number of hydrogen-bond donors (Lipinski definition) is 0. The van der Waals surface area contributed by atoms with Crippen LogP contribution >= 0.6 is 0 Å². The van der Waals surface area contributed by atoms with Gasteiger partial charge in [-0.25, -0.2) is 0 Å². The molecule has 0 fully saturated rings. The van der Waals surface area contributed by atoms with Gasteiger partial charge in [0.2, 0.25) is 0 Å². The Labute approximate surface area is 486 Å². The molecule has 444 valence electrons. The Morgan fingerprint density at radius 1 is 0.266 bits per heavy atom. The van der Waals surface area contributed by atoms with Crippen LogP contribution in [0, 0.1) is 0 Å². The van der Waals surface area contributed by atoms with Gasteiger partial charge >= 0.3 is 17.9 Å². The fourth-order valence-corrected chi connectivity index (χ4v) is 8.31. The summed E-state index contributed by atoms with van der Waals surface area (Å²) in [6, 6.07) is 0. The summed E-state index contributed by atoms with van der Waals surface area (Å²) >= 11 is 0. The number of hydrogen-bond acceptors (Lipinski definition) is 6. The molecule has 0 heterocycles. The van der Waals surface area contributed by atoms with Crippen LogP contribution in [0.5, 0.6) is 0 Å². The molecule has 1 atom stereocenters. The van der Waals surface area contributed by atoms with Gasteiger partial charge in [-0.15, -0.1) is 0 Å². The molecule has 0 aromatic heterocycles. The highest BCUT2D eigenvalue weighted by molar-refractivity contribution is 5.71. The molecule has 0 amide bonds. The Morgan fingerprint density at radius 2 is 0.494 bits per heavy atom. The third-order valence-electron chi connectivity index (χ3n) is 13.0. The lowest BCUT2D eigenvalue weighted by atomic mass is 10.1. The van der Waals surface area contributed by atoms with E-state index in [4.69, 9.17) is 14.2 Å². The van der Waals surface area contributed by atoms with Crippen molar-refractivity contribution in [2.75, 3.05) is 13.2 Å². The molecule has 0 N–H and O–H groups in total. The minimum absolute atomic E-state index is 0.0911. The zero-order valence-corrected chi connectivity index (χ0v) is 50.8. The second-order valence-electron chi connectivity index (χ2n) is 20.6. The molecule has 0 saturated heterocycles. The molecule has 1 unspecified atom stereocenters. The largest absolute Gasteiger partial charge is 0.462 e. The Hall–Kier alpha value is -4.97. The fraction of sp³-hybridized carbons (Fsp3) is 0.603. The summed E-state index contributed by atoms with van der Waals surface area (Å²) in [4.78, 5) is 38.0. The summed E-state index contributed by atoms with van der Waals surface area (Å²) in [5.41, 5.74) is 0. The van der Waals surface area contributed by atoms with E-state index in [0.717, 1.165) is 167 Å². The maximum absolute atomic E-state index is 12.8. The van der Waals surface area contributed by atoms with Crippen LogP contribution in [0.1, 0.15) is 265 Å². The van der Waals surface area contributed by atoms with Gasteiger partial charge in [0.25, 0.3) is 0 Å². The van der Waals surface area contributed by atoms with Crippen LogP contribution in [-0.4, -0.2) is 37.2 Å². The first-order chi connectivity index (χ1) is 39.0. The maximum Gasteiger partial charge on any atom is 0.306 e. The van der Waals surface area contributed by atoms with E-state index in [-0.39, 0.29) is 31.1 Å². The van der Waals surface area contributed by atoms with Crippen molar-refractivity contribution in [1.82, 2.24) is 0 Å². The quantitative estimate of drug-likeness (QED) is 0.0261. The molecule has 0 radical (unpaired) electrons. The molecule has 6 heteroatoms. The number of carbonyl (C=O) groups is 3. The van der Waals surface area contributed by atoms with Crippen LogP contribution in [0.25, 0.3) is 0 Å². The number of ether oxygens (including phenoxy) is 3. The van der Waals surface area contributed by atoms with Gasteiger partial charge in [-0.05, 0) is 128 Å². The molecule has 0 aliphatic rings. The van der Waals surface area contributed by atoms with Crippen LogP contribution < -0.4 is 0 Å². The molecular formula is C73H116O6. The average molecular weight is 1090 g/mol. The van der Waals surface area contributed by atoms with Crippen LogP contribution in [0.15, 0.2) is 158 Å². The Morgan fingerprint density at radius 3 is 0.772 bits per heavy atom. The lowest BCUT2D eigenvalue weighted by Crippen LogP contribution is -2.30. The molecule has 79 heavy (non-hydrogen) atoms. The Bertz CT molecular complexity index is 1780. The molecule has 0 aliphatic heterocycles. The van der Waals surface area contributed by atoms with E-state index in [2.05, 4.69) is 179 Å². The molecule has 6 nitrogen and oxygen atoms in total. The minimum atomic E-state index is -0.792. The molecule has 0 saturated carbocycles. The van der Waals surface area contributed by atoms with Gasteiger partial charge in [-0.3, -0.25) is 14.4 Å². The third-order valence-corrected chi connectivity index (χ3v) is 13.0. The SMILES string of the molecule is CC/C=C\C/C=C\C/C=C\C/C=C\C/C=C\C/C=C\C/C=C\CCCCCCCCCC(=O)OCC(COC(=O)CCCCCCC)OC(=O)CCCCCCCCCC/C=C\C/C=C\C/C=C\C/C=C\C/C=C\C/C=C\CC. The first kappa shape index (κ1) is 74.0. The van der Waals surface area contributed by atoms with Crippen molar-refractivity contribution in [3.05, 3.63) is 158 Å². The van der Waals surface area contributed by atoms with Gasteiger partial charge in [-0.1, -0.05) is 275 Å². The summed E-state index contributed by atoms with van der Waals surface area (Å²) in [5, 5.41) is 0. The van der Waals surface area contributed by atoms with Crippen molar-refractivity contribution in [3.8, 4) is 0 Å². The Kier molecular flexibility index (Phi) is 61.4. The third kappa shape index (κ3) is 63.7. The summed E-state index contributed by atoms with van der Waals surface area (Å²) in [6.45, 7) is 6.31. The molecule has 0 spiro atoms. The van der Waals surface area contributed by atoms with Crippen molar-refractivity contribution in [3.63, 3.8) is 0 Å². The molecule has 0 aromatic rings. The van der Waals surface area contributed by atoms with Crippen molar-refractivity contribution >= 4 is 17.9 Å². The van der Waals surface area contributed by atoms with E-state index in [1.807, 2.05) is 0 Å². The van der Waals surface area contributed by atoms with Crippen molar-refractivity contribution in [1.29, 1.82) is 0 Å². The number of unbranched alkanes of at least 4 members (excludes halogenated alkanes) is 19.